The zero-order valence-corrected chi connectivity index (χ0v) is 11.4. The Morgan fingerprint density at radius 3 is 3.12 bits per heavy atom. The third-order valence-electron chi connectivity index (χ3n) is 2.97. The molecule has 0 aromatic carbocycles. The van der Waals surface area contributed by atoms with E-state index in [-0.39, 0.29) is 0 Å². The van der Waals surface area contributed by atoms with E-state index in [9.17, 15) is 0 Å². The van der Waals surface area contributed by atoms with Gasteiger partial charge in [0.1, 0.15) is 17.2 Å². The molecule has 1 aliphatic carbocycles. The lowest BCUT2D eigenvalue weighted by molar-refractivity contribution is 0.762. The van der Waals surface area contributed by atoms with Gasteiger partial charge in [-0.15, -0.1) is 0 Å². The van der Waals surface area contributed by atoms with Gasteiger partial charge in [-0.05, 0) is 18.6 Å². The van der Waals surface area contributed by atoms with Gasteiger partial charge in [0, 0.05) is 11.3 Å². The molecule has 1 saturated carbocycles. The van der Waals surface area contributed by atoms with Crippen LogP contribution in [0, 0.1) is 0 Å². The van der Waals surface area contributed by atoms with Gasteiger partial charge in [-0.3, -0.25) is 0 Å². The summed E-state index contributed by atoms with van der Waals surface area (Å²) in [5.74, 6) is 2.14. The van der Waals surface area contributed by atoms with E-state index >= 15 is 0 Å². The number of thioether (sulfide) groups is 1. The van der Waals surface area contributed by atoms with Gasteiger partial charge < -0.3 is 11.1 Å². The van der Waals surface area contributed by atoms with Crippen LogP contribution in [0.25, 0.3) is 0 Å². The average Bonchev–Trinajstić information content (AvgIpc) is 2.73. The Balaban J connectivity index is 2.07. The van der Waals surface area contributed by atoms with Gasteiger partial charge in [0.2, 0.25) is 0 Å². The minimum atomic E-state index is 0.335. The maximum atomic E-state index is 6.08. The number of aromatic nitrogens is 2. The van der Waals surface area contributed by atoms with Crippen LogP contribution in [0.2, 0.25) is 5.02 Å². The first-order chi connectivity index (χ1) is 8.22. The molecular weight excluding hydrogens is 256 g/mol. The molecule has 17 heavy (non-hydrogen) atoms. The second-order valence-corrected chi connectivity index (χ2v) is 5.99. The lowest BCUT2D eigenvalue weighted by Gasteiger charge is -2.21. The molecule has 0 radical (unpaired) electrons. The van der Waals surface area contributed by atoms with Crippen LogP contribution in [0.4, 0.5) is 11.6 Å². The van der Waals surface area contributed by atoms with Crippen molar-refractivity contribution in [2.24, 2.45) is 0 Å². The standard InChI is InChI=1S/C11H17ClN4S/c1-2-17-8-5-3-4-7(8)16-11-9(12)10(13)14-6-15-11/h6-8H,2-5H2,1H3,(H3,13,14,15,16). The van der Waals surface area contributed by atoms with Gasteiger partial charge in [0.15, 0.2) is 5.82 Å². The molecule has 6 heteroatoms. The summed E-state index contributed by atoms with van der Waals surface area (Å²) in [5.41, 5.74) is 5.66. The fourth-order valence-electron chi connectivity index (χ4n) is 2.16. The Hall–Kier alpha value is -0.680. The summed E-state index contributed by atoms with van der Waals surface area (Å²) in [5, 5.41) is 4.48. The quantitative estimate of drug-likeness (QED) is 0.882. The Bertz CT molecular complexity index is 388. The van der Waals surface area contributed by atoms with E-state index in [1.165, 1.54) is 19.2 Å². The molecular formula is C11H17ClN4S. The van der Waals surface area contributed by atoms with Crippen molar-refractivity contribution in [2.75, 3.05) is 16.8 Å². The molecule has 2 rings (SSSR count). The predicted octanol–water partition coefficient (Wildman–Crippen LogP) is 2.80. The highest BCUT2D eigenvalue weighted by Crippen LogP contribution is 2.33. The molecule has 94 valence electrons. The fraction of sp³-hybridized carbons (Fsp3) is 0.636. The number of halogens is 1. The summed E-state index contributed by atoms with van der Waals surface area (Å²) in [6.45, 7) is 2.19. The van der Waals surface area contributed by atoms with Crippen molar-refractivity contribution in [3.63, 3.8) is 0 Å². The van der Waals surface area contributed by atoms with Crippen LogP contribution in [0.3, 0.4) is 0 Å². The second kappa shape index (κ2) is 5.78. The minimum absolute atomic E-state index is 0.335. The number of nitrogens with one attached hydrogen (secondary N) is 1. The largest absolute Gasteiger partial charge is 0.382 e. The van der Waals surface area contributed by atoms with E-state index in [0.29, 0.717) is 28.0 Å². The zero-order valence-electron chi connectivity index (χ0n) is 9.82. The van der Waals surface area contributed by atoms with Crippen molar-refractivity contribution in [1.82, 2.24) is 9.97 Å². The molecule has 0 saturated heterocycles. The highest BCUT2D eigenvalue weighted by molar-refractivity contribution is 7.99. The maximum Gasteiger partial charge on any atom is 0.150 e. The summed E-state index contributed by atoms with van der Waals surface area (Å²) in [4.78, 5) is 8.01. The van der Waals surface area contributed by atoms with Gasteiger partial charge in [-0.25, -0.2) is 9.97 Å². The summed E-state index contributed by atoms with van der Waals surface area (Å²) < 4.78 is 0. The van der Waals surface area contributed by atoms with E-state index in [4.69, 9.17) is 17.3 Å². The molecule has 0 bridgehead atoms. The SMILES string of the molecule is CCSC1CCCC1Nc1ncnc(N)c1Cl. The Kier molecular flexibility index (Phi) is 4.34. The summed E-state index contributed by atoms with van der Waals surface area (Å²) in [6.07, 6.45) is 5.13. The Morgan fingerprint density at radius 1 is 1.53 bits per heavy atom. The molecule has 3 N–H and O–H groups in total. The molecule has 2 unspecified atom stereocenters. The first-order valence-corrected chi connectivity index (χ1v) is 7.29. The van der Waals surface area contributed by atoms with Crippen molar-refractivity contribution in [3.05, 3.63) is 11.3 Å². The zero-order chi connectivity index (χ0) is 12.3. The first-order valence-electron chi connectivity index (χ1n) is 5.86. The van der Waals surface area contributed by atoms with Crippen molar-refractivity contribution in [1.29, 1.82) is 0 Å². The minimum Gasteiger partial charge on any atom is -0.382 e. The van der Waals surface area contributed by atoms with Crippen LogP contribution in [0.15, 0.2) is 6.33 Å². The molecule has 1 aromatic rings. The van der Waals surface area contributed by atoms with E-state index in [0.717, 1.165) is 12.2 Å². The number of rotatable bonds is 4. The number of nitrogens with two attached hydrogens (primary N) is 1. The van der Waals surface area contributed by atoms with E-state index in [1.54, 1.807) is 0 Å². The summed E-state index contributed by atoms with van der Waals surface area (Å²) in [7, 11) is 0. The molecule has 1 fully saturated rings. The monoisotopic (exact) mass is 272 g/mol. The first kappa shape index (κ1) is 12.8. The molecule has 4 nitrogen and oxygen atoms in total. The Morgan fingerprint density at radius 2 is 2.35 bits per heavy atom. The van der Waals surface area contributed by atoms with E-state index in [2.05, 4.69) is 22.2 Å². The van der Waals surface area contributed by atoms with Crippen LogP contribution in [0.5, 0.6) is 0 Å². The topological polar surface area (TPSA) is 63.8 Å². The van der Waals surface area contributed by atoms with Crippen LogP contribution >= 0.6 is 23.4 Å². The van der Waals surface area contributed by atoms with E-state index in [1.807, 2.05) is 11.8 Å². The lowest BCUT2D eigenvalue weighted by atomic mass is 10.2. The number of hydrogen-bond acceptors (Lipinski definition) is 5. The number of anilines is 2. The number of nitrogen functional groups attached to an aromatic ring is 1. The van der Waals surface area contributed by atoms with Gasteiger partial charge in [-0.2, -0.15) is 11.8 Å². The molecule has 1 heterocycles. The highest BCUT2D eigenvalue weighted by atomic mass is 35.5. The van der Waals surface area contributed by atoms with Gasteiger partial charge >= 0.3 is 0 Å². The fourth-order valence-corrected chi connectivity index (χ4v) is 3.51. The Labute approximate surface area is 111 Å². The van der Waals surface area contributed by atoms with Crippen molar-refractivity contribution >= 4 is 35.0 Å². The molecule has 0 amide bonds. The highest BCUT2D eigenvalue weighted by Gasteiger charge is 2.28. The summed E-state index contributed by atoms with van der Waals surface area (Å²) >= 11 is 8.07. The number of hydrogen-bond donors (Lipinski definition) is 2. The molecule has 2 atom stereocenters. The van der Waals surface area contributed by atoms with Crippen LogP contribution in [-0.4, -0.2) is 27.0 Å². The van der Waals surface area contributed by atoms with Gasteiger partial charge in [0.25, 0.3) is 0 Å². The van der Waals surface area contributed by atoms with Crippen LogP contribution < -0.4 is 11.1 Å². The molecule has 0 spiro atoms. The van der Waals surface area contributed by atoms with Gasteiger partial charge in [-0.1, -0.05) is 24.9 Å². The molecule has 0 aliphatic heterocycles. The average molecular weight is 273 g/mol. The van der Waals surface area contributed by atoms with Gasteiger partial charge in [0.05, 0.1) is 0 Å². The van der Waals surface area contributed by atoms with Crippen molar-refractivity contribution in [3.8, 4) is 0 Å². The maximum absolute atomic E-state index is 6.08. The predicted molar refractivity (Wildman–Crippen MR) is 74.6 cm³/mol. The summed E-state index contributed by atoms with van der Waals surface area (Å²) in [6, 6.07) is 0.437. The lowest BCUT2D eigenvalue weighted by Crippen LogP contribution is -2.27. The normalized spacial score (nSPS) is 23.9. The third kappa shape index (κ3) is 2.96. The number of nitrogens with zero attached hydrogens (tertiary/aromatic N) is 2. The third-order valence-corrected chi connectivity index (χ3v) is 4.67. The van der Waals surface area contributed by atoms with Crippen molar-refractivity contribution in [2.45, 2.75) is 37.5 Å². The second-order valence-electron chi connectivity index (χ2n) is 4.10. The molecule has 1 aliphatic rings. The van der Waals surface area contributed by atoms with E-state index < -0.39 is 0 Å². The van der Waals surface area contributed by atoms with Crippen LogP contribution in [-0.2, 0) is 0 Å². The van der Waals surface area contributed by atoms with Crippen molar-refractivity contribution < 1.29 is 0 Å². The molecule has 1 aromatic heterocycles. The van der Waals surface area contributed by atoms with Crippen LogP contribution in [0.1, 0.15) is 26.2 Å². The smallest absolute Gasteiger partial charge is 0.150 e.